The van der Waals surface area contributed by atoms with Gasteiger partial charge >= 0.3 is 0 Å². The molecule has 114 valence electrons. The molecule has 0 heterocycles. The van der Waals surface area contributed by atoms with Crippen molar-refractivity contribution in [1.82, 2.24) is 0 Å². The number of benzene rings is 2. The average Bonchev–Trinajstić information content (AvgIpc) is 2.54. The Morgan fingerprint density at radius 2 is 1.64 bits per heavy atom. The molecule has 0 saturated carbocycles. The summed E-state index contributed by atoms with van der Waals surface area (Å²) in [6, 6.07) is 12.1. The van der Waals surface area contributed by atoms with Crippen molar-refractivity contribution in [1.29, 1.82) is 0 Å². The summed E-state index contributed by atoms with van der Waals surface area (Å²) in [7, 11) is 0. The largest absolute Gasteiger partial charge is 0.322 e. The van der Waals surface area contributed by atoms with E-state index < -0.39 is 0 Å². The molecule has 0 aliphatic heterocycles. The number of rotatable bonds is 5. The van der Waals surface area contributed by atoms with Crippen LogP contribution < -0.4 is 5.32 Å². The van der Waals surface area contributed by atoms with Crippen LogP contribution in [0.1, 0.15) is 30.5 Å². The van der Waals surface area contributed by atoms with Gasteiger partial charge in [0.15, 0.2) is 0 Å². The monoisotopic (exact) mass is 297 g/mol. The molecule has 1 amide bonds. The minimum Gasteiger partial charge on any atom is -0.322 e. The second-order valence-corrected chi connectivity index (χ2v) is 5.03. The quantitative estimate of drug-likeness (QED) is 0.803. The number of carbonyl (C=O) groups is 1. The molecule has 1 N–H and O–H groups in total. The number of aryl methyl sites for hydroxylation is 2. The van der Waals surface area contributed by atoms with Gasteiger partial charge in [-0.1, -0.05) is 44.2 Å². The highest BCUT2D eigenvalue weighted by atomic mass is 19.1. The lowest BCUT2D eigenvalue weighted by Crippen LogP contribution is -2.11. The lowest BCUT2D eigenvalue weighted by atomic mass is 10.0. The first-order valence-corrected chi connectivity index (χ1v) is 7.49. The number of hydrogen-bond acceptors (Lipinski definition) is 1. The number of halogens is 1. The molecule has 0 saturated heterocycles. The van der Waals surface area contributed by atoms with Gasteiger partial charge in [0.2, 0.25) is 5.91 Å². The van der Waals surface area contributed by atoms with E-state index in [0.717, 1.165) is 35.2 Å². The first-order valence-electron chi connectivity index (χ1n) is 7.49. The van der Waals surface area contributed by atoms with Crippen LogP contribution >= 0.6 is 0 Å². The Morgan fingerprint density at radius 3 is 2.18 bits per heavy atom. The molecule has 0 bridgehead atoms. The van der Waals surface area contributed by atoms with Crippen LogP contribution in [0, 0.1) is 5.82 Å². The van der Waals surface area contributed by atoms with E-state index in [1.807, 2.05) is 18.2 Å². The van der Waals surface area contributed by atoms with E-state index in [4.69, 9.17) is 0 Å². The van der Waals surface area contributed by atoms with Crippen LogP contribution in [-0.2, 0) is 17.6 Å². The molecular weight excluding hydrogens is 277 g/mol. The van der Waals surface area contributed by atoms with E-state index in [2.05, 4.69) is 19.2 Å². The first kappa shape index (κ1) is 16.0. The van der Waals surface area contributed by atoms with Crippen molar-refractivity contribution in [3.8, 4) is 0 Å². The van der Waals surface area contributed by atoms with Gasteiger partial charge in [-0.3, -0.25) is 4.79 Å². The highest BCUT2D eigenvalue weighted by Gasteiger charge is 2.08. The summed E-state index contributed by atoms with van der Waals surface area (Å²) in [5, 5.41) is 2.96. The average molecular weight is 297 g/mol. The summed E-state index contributed by atoms with van der Waals surface area (Å²) < 4.78 is 12.8. The molecule has 0 aliphatic carbocycles. The van der Waals surface area contributed by atoms with Gasteiger partial charge in [-0.05, 0) is 47.7 Å². The standard InChI is InChI=1S/C19H20FNO/c1-3-15-6-5-7-16(4-2)19(15)21-18(22)13-10-14-8-11-17(20)12-9-14/h5-13H,3-4H2,1-2H3,(H,21,22)/b13-10+. The van der Waals surface area contributed by atoms with Crippen molar-refractivity contribution < 1.29 is 9.18 Å². The van der Waals surface area contributed by atoms with Gasteiger partial charge in [0.25, 0.3) is 0 Å². The van der Waals surface area contributed by atoms with Gasteiger partial charge in [0.05, 0.1) is 0 Å². The predicted octanol–water partition coefficient (Wildman–Crippen LogP) is 4.60. The van der Waals surface area contributed by atoms with Gasteiger partial charge in [-0.25, -0.2) is 4.39 Å². The van der Waals surface area contributed by atoms with Crippen molar-refractivity contribution in [3.05, 3.63) is 71.0 Å². The maximum Gasteiger partial charge on any atom is 0.248 e. The molecule has 0 unspecified atom stereocenters. The second kappa shape index (κ2) is 7.55. The van der Waals surface area contributed by atoms with Crippen LogP contribution in [0.25, 0.3) is 6.08 Å². The third kappa shape index (κ3) is 4.04. The first-order chi connectivity index (χ1) is 10.6. The highest BCUT2D eigenvalue weighted by molar-refractivity contribution is 6.02. The zero-order valence-electron chi connectivity index (χ0n) is 12.9. The Labute approximate surface area is 130 Å². The van der Waals surface area contributed by atoms with Gasteiger partial charge in [0.1, 0.15) is 5.82 Å². The van der Waals surface area contributed by atoms with E-state index in [1.54, 1.807) is 18.2 Å². The summed E-state index contributed by atoms with van der Waals surface area (Å²) in [4.78, 5) is 12.1. The van der Waals surface area contributed by atoms with E-state index >= 15 is 0 Å². The zero-order valence-corrected chi connectivity index (χ0v) is 12.9. The molecular formula is C19H20FNO. The molecule has 0 aromatic heterocycles. The Kier molecular flexibility index (Phi) is 5.48. The van der Waals surface area contributed by atoms with E-state index in [-0.39, 0.29) is 11.7 Å². The number of hydrogen-bond donors (Lipinski definition) is 1. The maximum absolute atomic E-state index is 12.8. The van der Waals surface area contributed by atoms with Crippen LogP contribution in [-0.4, -0.2) is 5.91 Å². The molecule has 0 radical (unpaired) electrons. The Bertz CT molecular complexity index is 652. The Balaban J connectivity index is 2.13. The fourth-order valence-electron chi connectivity index (χ4n) is 2.31. The smallest absolute Gasteiger partial charge is 0.248 e. The normalized spacial score (nSPS) is 10.9. The van der Waals surface area contributed by atoms with Gasteiger partial charge in [-0.15, -0.1) is 0 Å². The topological polar surface area (TPSA) is 29.1 Å². The third-order valence-electron chi connectivity index (χ3n) is 3.54. The molecule has 0 aliphatic rings. The molecule has 2 rings (SSSR count). The number of carbonyl (C=O) groups excluding carboxylic acids is 1. The molecule has 2 aromatic rings. The van der Waals surface area contributed by atoms with Crippen LogP contribution in [0.15, 0.2) is 48.5 Å². The molecule has 2 aromatic carbocycles. The number of amides is 1. The lowest BCUT2D eigenvalue weighted by molar-refractivity contribution is -0.111. The lowest BCUT2D eigenvalue weighted by Gasteiger charge is -2.13. The van der Waals surface area contributed by atoms with Crippen molar-refractivity contribution in [2.24, 2.45) is 0 Å². The third-order valence-corrected chi connectivity index (χ3v) is 3.54. The molecule has 0 atom stereocenters. The van der Waals surface area contributed by atoms with Crippen molar-refractivity contribution >= 4 is 17.7 Å². The fourth-order valence-corrected chi connectivity index (χ4v) is 2.31. The molecule has 2 nitrogen and oxygen atoms in total. The molecule has 22 heavy (non-hydrogen) atoms. The summed E-state index contributed by atoms with van der Waals surface area (Å²) in [6.07, 6.45) is 4.88. The fraction of sp³-hybridized carbons (Fsp3) is 0.211. The number of para-hydroxylation sites is 1. The molecule has 3 heteroatoms. The number of nitrogens with one attached hydrogen (secondary N) is 1. The van der Waals surface area contributed by atoms with Crippen molar-refractivity contribution in [3.63, 3.8) is 0 Å². The van der Waals surface area contributed by atoms with Gasteiger partial charge in [-0.2, -0.15) is 0 Å². The minimum atomic E-state index is -0.286. The predicted molar refractivity (Wildman–Crippen MR) is 89.3 cm³/mol. The van der Waals surface area contributed by atoms with E-state index in [0.29, 0.717) is 0 Å². The van der Waals surface area contributed by atoms with E-state index in [1.165, 1.54) is 18.2 Å². The van der Waals surface area contributed by atoms with Crippen LogP contribution in [0.2, 0.25) is 0 Å². The van der Waals surface area contributed by atoms with Crippen molar-refractivity contribution in [2.75, 3.05) is 5.32 Å². The Hall–Kier alpha value is -2.42. The van der Waals surface area contributed by atoms with E-state index in [9.17, 15) is 9.18 Å². The van der Waals surface area contributed by atoms with Gasteiger partial charge < -0.3 is 5.32 Å². The van der Waals surface area contributed by atoms with Crippen LogP contribution in [0.4, 0.5) is 10.1 Å². The van der Waals surface area contributed by atoms with Crippen molar-refractivity contribution in [2.45, 2.75) is 26.7 Å². The molecule has 0 fully saturated rings. The number of anilines is 1. The maximum atomic E-state index is 12.8. The van der Waals surface area contributed by atoms with Crippen LogP contribution in [0.5, 0.6) is 0 Å². The highest BCUT2D eigenvalue weighted by Crippen LogP contribution is 2.22. The minimum absolute atomic E-state index is 0.181. The van der Waals surface area contributed by atoms with Gasteiger partial charge in [0, 0.05) is 11.8 Å². The SMILES string of the molecule is CCc1cccc(CC)c1NC(=O)/C=C/c1ccc(F)cc1. The summed E-state index contributed by atoms with van der Waals surface area (Å²) in [6.45, 7) is 4.14. The summed E-state index contributed by atoms with van der Waals surface area (Å²) in [5.74, 6) is -0.467. The van der Waals surface area contributed by atoms with Crippen LogP contribution in [0.3, 0.4) is 0 Å². The Morgan fingerprint density at radius 1 is 1.05 bits per heavy atom. The molecule has 0 spiro atoms. The summed E-state index contributed by atoms with van der Waals surface area (Å²) >= 11 is 0. The zero-order chi connectivity index (χ0) is 15.9. The summed E-state index contributed by atoms with van der Waals surface area (Å²) in [5.41, 5.74) is 3.95. The second-order valence-electron chi connectivity index (χ2n) is 5.03.